The second-order valence-electron chi connectivity index (χ2n) is 12.9. The van der Waals surface area contributed by atoms with Gasteiger partial charge in [0.15, 0.2) is 0 Å². The average Bonchev–Trinajstić information content (AvgIpc) is 3.86. The molecule has 11 rings (SSSR count). The predicted molar refractivity (Wildman–Crippen MR) is 212 cm³/mol. The van der Waals surface area contributed by atoms with Gasteiger partial charge in [-0.3, -0.25) is 0 Å². The molecule has 0 aliphatic carbocycles. The first kappa shape index (κ1) is 27.6. The number of para-hydroxylation sites is 1. The van der Waals surface area contributed by atoms with Gasteiger partial charge in [0.05, 0.1) is 11.1 Å². The van der Waals surface area contributed by atoms with E-state index in [1.165, 1.54) is 25.7 Å². The summed E-state index contributed by atoms with van der Waals surface area (Å²) in [6.07, 6.45) is 0. The fourth-order valence-electron chi connectivity index (χ4n) is 7.73. The molecule has 234 valence electrons. The summed E-state index contributed by atoms with van der Waals surface area (Å²) in [5, 5.41) is 9.27. The van der Waals surface area contributed by atoms with Crippen LogP contribution in [0.3, 0.4) is 0 Å². The SMILES string of the molecule is c1cc(-c2ccc3sc4ccccc4c3c2)cc(N(c2ccc3c(c2)oc2ccccc23)c2cccc3oc4c5ccccc5ccc4c23)c1. The van der Waals surface area contributed by atoms with Gasteiger partial charge in [-0.1, -0.05) is 91.0 Å². The highest BCUT2D eigenvalue weighted by Gasteiger charge is 2.22. The van der Waals surface area contributed by atoms with E-state index < -0.39 is 0 Å². The van der Waals surface area contributed by atoms with Crippen molar-refractivity contribution in [2.24, 2.45) is 0 Å². The van der Waals surface area contributed by atoms with Crippen molar-refractivity contribution >= 4 is 103 Å². The molecule has 0 N–H and O–H groups in total. The first-order chi connectivity index (χ1) is 24.8. The molecular weight excluding hydrogens is 631 g/mol. The zero-order valence-electron chi connectivity index (χ0n) is 26.8. The molecule has 0 spiro atoms. The van der Waals surface area contributed by atoms with E-state index in [2.05, 4.69) is 157 Å². The van der Waals surface area contributed by atoms with Crippen molar-refractivity contribution in [1.29, 1.82) is 0 Å². The van der Waals surface area contributed by atoms with Gasteiger partial charge in [0.1, 0.15) is 22.3 Å². The second kappa shape index (κ2) is 10.6. The Morgan fingerprint density at radius 3 is 2.08 bits per heavy atom. The van der Waals surface area contributed by atoms with Gasteiger partial charge in [-0.15, -0.1) is 11.3 Å². The van der Waals surface area contributed by atoms with E-state index in [0.717, 1.165) is 77.3 Å². The van der Waals surface area contributed by atoms with Gasteiger partial charge in [0, 0.05) is 59.2 Å². The van der Waals surface area contributed by atoms with Crippen LogP contribution >= 0.6 is 11.3 Å². The molecule has 50 heavy (non-hydrogen) atoms. The maximum absolute atomic E-state index is 6.66. The molecule has 3 heterocycles. The van der Waals surface area contributed by atoms with Crippen molar-refractivity contribution in [1.82, 2.24) is 0 Å². The Balaban J connectivity index is 1.16. The van der Waals surface area contributed by atoms with Crippen molar-refractivity contribution in [2.45, 2.75) is 0 Å². The molecule has 11 aromatic rings. The third-order valence-corrected chi connectivity index (χ3v) is 11.2. The van der Waals surface area contributed by atoms with Crippen molar-refractivity contribution in [3.8, 4) is 11.1 Å². The number of nitrogens with zero attached hydrogens (tertiary/aromatic N) is 1. The largest absolute Gasteiger partial charge is 0.456 e. The number of rotatable bonds is 4. The maximum atomic E-state index is 6.66. The van der Waals surface area contributed by atoms with E-state index in [4.69, 9.17) is 8.83 Å². The highest BCUT2D eigenvalue weighted by molar-refractivity contribution is 7.25. The minimum Gasteiger partial charge on any atom is -0.456 e. The lowest BCUT2D eigenvalue weighted by atomic mass is 10.0. The Kier molecular flexibility index (Phi) is 5.83. The first-order valence-electron chi connectivity index (χ1n) is 16.8. The third-order valence-electron chi connectivity index (χ3n) is 10.0. The zero-order chi connectivity index (χ0) is 32.8. The van der Waals surface area contributed by atoms with E-state index in [9.17, 15) is 0 Å². The predicted octanol–water partition coefficient (Wildman–Crippen LogP) is 14.1. The molecule has 0 saturated carbocycles. The summed E-state index contributed by atoms with van der Waals surface area (Å²) in [5.41, 5.74) is 8.96. The Bertz CT molecular complexity index is 3130. The normalized spacial score (nSPS) is 12.0. The van der Waals surface area contributed by atoms with Crippen LogP contribution in [0.5, 0.6) is 0 Å². The van der Waals surface area contributed by atoms with Crippen LogP contribution in [0.4, 0.5) is 17.1 Å². The van der Waals surface area contributed by atoms with Crippen LogP contribution in [0.1, 0.15) is 0 Å². The summed E-state index contributed by atoms with van der Waals surface area (Å²) < 4.78 is 15.7. The molecule has 0 atom stereocenters. The van der Waals surface area contributed by atoms with E-state index in [-0.39, 0.29) is 0 Å². The van der Waals surface area contributed by atoms with Crippen molar-refractivity contribution in [2.75, 3.05) is 4.90 Å². The molecule has 0 aliphatic rings. The van der Waals surface area contributed by atoms with Gasteiger partial charge in [0.2, 0.25) is 0 Å². The van der Waals surface area contributed by atoms with Crippen LogP contribution in [0.15, 0.2) is 173 Å². The topological polar surface area (TPSA) is 29.5 Å². The molecule has 0 fully saturated rings. The molecule has 0 radical (unpaired) electrons. The quantitative estimate of drug-likeness (QED) is 0.189. The summed E-state index contributed by atoms with van der Waals surface area (Å²) in [7, 11) is 0. The molecule has 0 bridgehead atoms. The fourth-order valence-corrected chi connectivity index (χ4v) is 8.82. The standard InChI is InChI=1S/C46H27NO2S/c1-2-12-33-28(9-1)19-22-37-45-39(15-8-17-41(45)49-46(33)37)47(32-21-23-35-34-13-3-5-16-40(34)48-42(35)27-32)31-11-7-10-29(25-31)30-20-24-44-38(26-30)36-14-4-6-18-43(36)50-44/h1-27H. The van der Waals surface area contributed by atoms with Crippen LogP contribution < -0.4 is 4.90 Å². The lowest BCUT2D eigenvalue weighted by molar-refractivity contribution is 0.669. The van der Waals surface area contributed by atoms with E-state index in [1.807, 2.05) is 23.5 Å². The van der Waals surface area contributed by atoms with Gasteiger partial charge >= 0.3 is 0 Å². The summed E-state index contributed by atoms with van der Waals surface area (Å²) in [6, 6.07) is 58.4. The molecule has 8 aromatic carbocycles. The molecule has 0 amide bonds. The summed E-state index contributed by atoms with van der Waals surface area (Å²) >= 11 is 1.85. The average molecular weight is 658 g/mol. The van der Waals surface area contributed by atoms with Gasteiger partial charge in [0.25, 0.3) is 0 Å². The number of thiophene rings is 1. The molecule has 3 nitrogen and oxygen atoms in total. The van der Waals surface area contributed by atoms with Crippen LogP contribution in [0, 0.1) is 0 Å². The van der Waals surface area contributed by atoms with Crippen LogP contribution in [-0.2, 0) is 0 Å². The van der Waals surface area contributed by atoms with Crippen LogP contribution in [0.2, 0.25) is 0 Å². The van der Waals surface area contributed by atoms with Gasteiger partial charge in [-0.2, -0.15) is 0 Å². The molecule has 4 heteroatoms. The summed E-state index contributed by atoms with van der Waals surface area (Å²) in [5.74, 6) is 0. The zero-order valence-corrected chi connectivity index (χ0v) is 27.6. The molecular formula is C46H27NO2S. The number of fused-ring (bicyclic) bond motifs is 11. The van der Waals surface area contributed by atoms with Gasteiger partial charge in [-0.25, -0.2) is 0 Å². The van der Waals surface area contributed by atoms with E-state index in [1.54, 1.807) is 0 Å². The Morgan fingerprint density at radius 2 is 1.12 bits per heavy atom. The number of furan rings is 2. The molecule has 3 aromatic heterocycles. The van der Waals surface area contributed by atoms with E-state index >= 15 is 0 Å². The maximum Gasteiger partial charge on any atom is 0.143 e. The van der Waals surface area contributed by atoms with E-state index in [0.29, 0.717) is 0 Å². The monoisotopic (exact) mass is 657 g/mol. The number of hydrogen-bond donors (Lipinski definition) is 0. The highest BCUT2D eigenvalue weighted by atomic mass is 32.1. The minimum atomic E-state index is 0.856. The highest BCUT2D eigenvalue weighted by Crippen LogP contribution is 2.46. The third kappa shape index (κ3) is 4.09. The second-order valence-corrected chi connectivity index (χ2v) is 14.0. The summed E-state index contributed by atoms with van der Waals surface area (Å²) in [6.45, 7) is 0. The Morgan fingerprint density at radius 1 is 0.400 bits per heavy atom. The minimum absolute atomic E-state index is 0.856. The van der Waals surface area contributed by atoms with Crippen molar-refractivity contribution in [3.63, 3.8) is 0 Å². The lowest BCUT2D eigenvalue weighted by Crippen LogP contribution is -2.10. The smallest absolute Gasteiger partial charge is 0.143 e. The lowest BCUT2D eigenvalue weighted by Gasteiger charge is -2.26. The summed E-state index contributed by atoms with van der Waals surface area (Å²) in [4.78, 5) is 2.35. The number of benzene rings is 8. The van der Waals surface area contributed by atoms with Crippen molar-refractivity contribution < 1.29 is 8.83 Å². The van der Waals surface area contributed by atoms with Gasteiger partial charge < -0.3 is 13.7 Å². The van der Waals surface area contributed by atoms with Crippen molar-refractivity contribution in [3.05, 3.63) is 164 Å². The molecule has 0 aliphatic heterocycles. The van der Waals surface area contributed by atoms with Gasteiger partial charge in [-0.05, 0) is 83.2 Å². The number of hydrogen-bond acceptors (Lipinski definition) is 4. The fraction of sp³-hybridized carbons (Fsp3) is 0. The Hall–Kier alpha value is -6.36. The number of anilines is 3. The van der Waals surface area contributed by atoms with Crippen LogP contribution in [-0.4, -0.2) is 0 Å². The molecule has 0 unspecified atom stereocenters. The van der Waals surface area contributed by atoms with Crippen LogP contribution in [0.25, 0.3) is 85.9 Å². The molecule has 0 saturated heterocycles. The Labute approximate surface area is 290 Å². The first-order valence-corrected chi connectivity index (χ1v) is 17.6.